The highest BCUT2D eigenvalue weighted by atomic mass is 35.5. The summed E-state index contributed by atoms with van der Waals surface area (Å²) in [4.78, 5) is 18.1. The van der Waals surface area contributed by atoms with Crippen LogP contribution in [0.3, 0.4) is 0 Å². The molecule has 1 amide bonds. The number of nitrogens with one attached hydrogen (secondary N) is 1. The van der Waals surface area contributed by atoms with Gasteiger partial charge in [0.25, 0.3) is 5.91 Å². The molecule has 29 heavy (non-hydrogen) atoms. The van der Waals surface area contributed by atoms with Crippen molar-refractivity contribution in [1.82, 2.24) is 4.98 Å². The van der Waals surface area contributed by atoms with Crippen molar-refractivity contribution in [3.8, 4) is 11.8 Å². The summed E-state index contributed by atoms with van der Waals surface area (Å²) in [5.41, 5.74) is 3.20. The maximum Gasteiger partial charge on any atom is 0.274 e. The first-order valence-corrected chi connectivity index (χ1v) is 9.80. The van der Waals surface area contributed by atoms with E-state index in [1.54, 1.807) is 29.2 Å². The highest BCUT2D eigenvalue weighted by molar-refractivity contribution is 6.19. The van der Waals surface area contributed by atoms with E-state index in [9.17, 15) is 15.2 Å². The Morgan fingerprint density at radius 3 is 2.76 bits per heavy atom. The average molecular weight is 402 g/mol. The highest BCUT2D eigenvalue weighted by Crippen LogP contribution is 2.45. The van der Waals surface area contributed by atoms with Crippen LogP contribution in [0.5, 0.6) is 5.75 Å². The van der Waals surface area contributed by atoms with Crippen LogP contribution in [0.1, 0.15) is 27.5 Å². The van der Waals surface area contributed by atoms with Crippen molar-refractivity contribution in [1.29, 1.82) is 5.26 Å². The number of hydrogen-bond acceptors (Lipinski definition) is 3. The topological polar surface area (TPSA) is 80.1 Å². The third-order valence-corrected chi connectivity index (χ3v) is 5.96. The Morgan fingerprint density at radius 2 is 2.00 bits per heavy atom. The molecule has 5 nitrogen and oxygen atoms in total. The Labute approximate surface area is 171 Å². The second-order valence-electron chi connectivity index (χ2n) is 7.21. The Morgan fingerprint density at radius 1 is 1.21 bits per heavy atom. The molecule has 3 aromatic carbocycles. The zero-order chi connectivity index (χ0) is 20.1. The van der Waals surface area contributed by atoms with Gasteiger partial charge < -0.3 is 15.0 Å². The molecular formula is C23H16ClN3O2. The molecular weight excluding hydrogens is 386 g/mol. The van der Waals surface area contributed by atoms with E-state index < -0.39 is 0 Å². The Hall–Kier alpha value is -3.49. The monoisotopic (exact) mass is 401 g/mol. The summed E-state index contributed by atoms with van der Waals surface area (Å²) in [6, 6.07) is 18.5. The predicted octanol–water partition coefficient (Wildman–Crippen LogP) is 4.88. The number of benzene rings is 3. The van der Waals surface area contributed by atoms with Crippen molar-refractivity contribution in [3.63, 3.8) is 0 Å². The number of halogens is 1. The molecule has 0 fully saturated rings. The number of amides is 1. The normalized spacial score (nSPS) is 15.6. The van der Waals surface area contributed by atoms with Crippen molar-refractivity contribution in [2.45, 2.75) is 5.92 Å². The van der Waals surface area contributed by atoms with Gasteiger partial charge in [-0.15, -0.1) is 11.6 Å². The molecule has 2 heterocycles. The maximum absolute atomic E-state index is 13.4. The number of alkyl halides is 1. The fourth-order valence-corrected chi connectivity index (χ4v) is 4.51. The Kier molecular flexibility index (Phi) is 3.97. The molecule has 0 radical (unpaired) electrons. The van der Waals surface area contributed by atoms with Crippen LogP contribution in [-0.2, 0) is 0 Å². The number of aromatic hydroxyl groups is 1. The van der Waals surface area contributed by atoms with Crippen LogP contribution in [-0.4, -0.2) is 28.4 Å². The van der Waals surface area contributed by atoms with Crippen molar-refractivity contribution in [3.05, 3.63) is 71.4 Å². The number of para-hydroxylation sites is 1. The van der Waals surface area contributed by atoms with Gasteiger partial charge in [0.2, 0.25) is 0 Å². The van der Waals surface area contributed by atoms with Gasteiger partial charge in [0.05, 0.1) is 16.8 Å². The number of nitrogens with zero attached hydrogens (tertiary/aromatic N) is 2. The summed E-state index contributed by atoms with van der Waals surface area (Å²) in [5.74, 6) is 0.265. The molecule has 5 rings (SSSR count). The second kappa shape index (κ2) is 6.54. The lowest BCUT2D eigenvalue weighted by Gasteiger charge is -2.17. The molecule has 6 heteroatoms. The van der Waals surface area contributed by atoms with Gasteiger partial charge in [-0.05, 0) is 23.1 Å². The summed E-state index contributed by atoms with van der Waals surface area (Å²) < 4.78 is 0. The lowest BCUT2D eigenvalue weighted by molar-refractivity contribution is 0.0984. The number of hydrogen-bond donors (Lipinski definition) is 2. The van der Waals surface area contributed by atoms with Crippen LogP contribution in [0.2, 0.25) is 0 Å². The fraction of sp³-hybridized carbons (Fsp3) is 0.130. The number of aromatic nitrogens is 1. The number of fused-ring (bicyclic) bond motifs is 4. The maximum atomic E-state index is 13.4. The van der Waals surface area contributed by atoms with E-state index in [2.05, 4.69) is 11.1 Å². The number of phenols is 1. The van der Waals surface area contributed by atoms with E-state index in [1.807, 2.05) is 30.3 Å². The zero-order valence-corrected chi connectivity index (χ0v) is 16.1. The predicted molar refractivity (Wildman–Crippen MR) is 114 cm³/mol. The summed E-state index contributed by atoms with van der Waals surface area (Å²) in [5, 5.41) is 22.3. The molecule has 142 valence electrons. The summed E-state index contributed by atoms with van der Waals surface area (Å²) >= 11 is 6.25. The van der Waals surface area contributed by atoms with Crippen molar-refractivity contribution >= 4 is 44.9 Å². The molecule has 2 N–H and O–H groups in total. The number of nitriles is 1. The molecule has 1 atom stereocenters. The summed E-state index contributed by atoms with van der Waals surface area (Å²) in [6.45, 7) is 0.436. The van der Waals surface area contributed by atoms with E-state index >= 15 is 0 Å². The quantitative estimate of drug-likeness (QED) is 0.470. The molecule has 4 aromatic rings. The SMILES string of the molecule is N#Cc1cccc2cc(C(=O)N3CC(CCl)c4c3cc(O)c3ccccc43)[nH]c12. The molecule has 1 aromatic heterocycles. The van der Waals surface area contributed by atoms with E-state index in [0.717, 1.165) is 21.7 Å². The number of aromatic amines is 1. The molecule has 0 saturated heterocycles. The van der Waals surface area contributed by atoms with Gasteiger partial charge in [-0.3, -0.25) is 4.79 Å². The molecule has 0 aliphatic carbocycles. The van der Waals surface area contributed by atoms with Gasteiger partial charge in [-0.25, -0.2) is 0 Å². The lowest BCUT2D eigenvalue weighted by atomic mass is 9.95. The minimum absolute atomic E-state index is 0.0276. The van der Waals surface area contributed by atoms with Crippen LogP contribution in [0, 0.1) is 11.3 Å². The van der Waals surface area contributed by atoms with Gasteiger partial charge in [0.1, 0.15) is 17.5 Å². The van der Waals surface area contributed by atoms with E-state index in [-0.39, 0.29) is 17.6 Å². The largest absolute Gasteiger partial charge is 0.507 e. The van der Waals surface area contributed by atoms with Crippen molar-refractivity contribution in [2.24, 2.45) is 0 Å². The van der Waals surface area contributed by atoms with Gasteiger partial charge in [0, 0.05) is 35.2 Å². The second-order valence-corrected chi connectivity index (χ2v) is 7.51. The number of rotatable bonds is 2. The summed E-state index contributed by atoms with van der Waals surface area (Å²) in [7, 11) is 0. The third-order valence-electron chi connectivity index (χ3n) is 5.58. The molecule has 0 bridgehead atoms. The lowest BCUT2D eigenvalue weighted by Crippen LogP contribution is -2.30. The van der Waals surface area contributed by atoms with E-state index in [0.29, 0.717) is 34.9 Å². The number of carbonyl (C=O) groups excluding carboxylic acids is 1. The number of H-pyrrole nitrogens is 1. The van der Waals surface area contributed by atoms with Crippen LogP contribution in [0.4, 0.5) is 5.69 Å². The average Bonchev–Trinajstić information content (AvgIpc) is 3.35. The van der Waals surface area contributed by atoms with Gasteiger partial charge >= 0.3 is 0 Å². The van der Waals surface area contributed by atoms with Gasteiger partial charge in [-0.1, -0.05) is 36.4 Å². The fourth-order valence-electron chi connectivity index (χ4n) is 4.25. The molecule has 1 aliphatic heterocycles. The van der Waals surface area contributed by atoms with Crippen LogP contribution in [0.15, 0.2) is 54.6 Å². The minimum atomic E-state index is -0.214. The van der Waals surface area contributed by atoms with E-state index in [1.165, 1.54) is 0 Å². The summed E-state index contributed by atoms with van der Waals surface area (Å²) in [6.07, 6.45) is 0. The van der Waals surface area contributed by atoms with Gasteiger partial charge in [0.15, 0.2) is 0 Å². The van der Waals surface area contributed by atoms with Crippen molar-refractivity contribution < 1.29 is 9.90 Å². The standard InChI is InChI=1S/C23H16ClN3O2/c24-10-15-12-27(19-9-20(28)16-6-1-2-7-17(16)21(15)19)23(29)18-8-13-4-3-5-14(11-25)22(13)26-18/h1-9,15,26,28H,10,12H2. The third kappa shape index (κ3) is 2.57. The number of carbonyl (C=O) groups is 1. The van der Waals surface area contributed by atoms with Crippen LogP contribution >= 0.6 is 11.6 Å². The molecule has 1 unspecified atom stereocenters. The molecule has 0 spiro atoms. The molecule has 1 aliphatic rings. The molecule has 0 saturated carbocycles. The van der Waals surface area contributed by atoms with Gasteiger partial charge in [-0.2, -0.15) is 5.26 Å². The number of phenolic OH excluding ortho intramolecular Hbond substituents is 1. The van der Waals surface area contributed by atoms with Crippen molar-refractivity contribution in [2.75, 3.05) is 17.3 Å². The first-order chi connectivity index (χ1) is 14.1. The Bertz CT molecular complexity index is 1340. The smallest absolute Gasteiger partial charge is 0.274 e. The van der Waals surface area contributed by atoms with Crippen LogP contribution < -0.4 is 4.90 Å². The first kappa shape index (κ1) is 17.6. The highest BCUT2D eigenvalue weighted by Gasteiger charge is 2.35. The first-order valence-electron chi connectivity index (χ1n) is 9.26. The number of anilines is 1. The minimum Gasteiger partial charge on any atom is -0.507 e. The van der Waals surface area contributed by atoms with Crippen LogP contribution in [0.25, 0.3) is 21.7 Å². The Balaban J connectivity index is 1.66. The van der Waals surface area contributed by atoms with E-state index in [4.69, 9.17) is 11.6 Å². The zero-order valence-electron chi connectivity index (χ0n) is 15.3.